The van der Waals surface area contributed by atoms with Crippen LogP contribution < -0.4 is 4.74 Å². The van der Waals surface area contributed by atoms with Gasteiger partial charge in [0.1, 0.15) is 11.9 Å². The Morgan fingerprint density at radius 2 is 1.80 bits per heavy atom. The normalized spacial score (nSPS) is 23.3. The highest BCUT2D eigenvalue weighted by Gasteiger charge is 2.55. The zero-order valence-corrected chi connectivity index (χ0v) is 19.0. The molecular formula is C26H26F3NO5. The maximum Gasteiger partial charge on any atom is 0.573 e. The number of hydrogen-bond donors (Lipinski definition) is 1. The van der Waals surface area contributed by atoms with Gasteiger partial charge in [-0.15, -0.1) is 13.2 Å². The molecule has 2 aromatic rings. The van der Waals surface area contributed by atoms with E-state index < -0.39 is 18.1 Å². The third kappa shape index (κ3) is 4.87. The fraction of sp³-hybridized carbons (Fsp3) is 0.462. The first-order valence-electron chi connectivity index (χ1n) is 11.8. The summed E-state index contributed by atoms with van der Waals surface area (Å²) in [5, 5.41) is 9.27. The summed E-state index contributed by atoms with van der Waals surface area (Å²) < 4.78 is 48.3. The second-order valence-corrected chi connectivity index (χ2v) is 9.63. The minimum Gasteiger partial charge on any atom is -0.478 e. The van der Waals surface area contributed by atoms with E-state index in [2.05, 4.69) is 4.74 Å². The molecule has 1 aliphatic carbocycles. The number of ether oxygens (including phenoxy) is 2. The molecule has 1 saturated carbocycles. The van der Waals surface area contributed by atoms with Gasteiger partial charge in [0.15, 0.2) is 0 Å². The molecular weight excluding hydrogens is 463 g/mol. The van der Waals surface area contributed by atoms with Crippen molar-refractivity contribution in [1.29, 1.82) is 0 Å². The zero-order valence-electron chi connectivity index (χ0n) is 19.0. The van der Waals surface area contributed by atoms with Gasteiger partial charge in [-0.25, -0.2) is 4.79 Å². The molecule has 0 radical (unpaired) electrons. The number of piperidine rings is 1. The second kappa shape index (κ2) is 8.86. The fourth-order valence-corrected chi connectivity index (χ4v) is 5.52. The van der Waals surface area contributed by atoms with Gasteiger partial charge in [-0.05, 0) is 72.8 Å². The Kier molecular flexibility index (Phi) is 5.99. The lowest BCUT2D eigenvalue weighted by Crippen LogP contribution is -2.44. The fourth-order valence-electron chi connectivity index (χ4n) is 5.52. The molecule has 2 saturated heterocycles. The first kappa shape index (κ1) is 23.7. The van der Waals surface area contributed by atoms with Crippen LogP contribution in [0.4, 0.5) is 13.2 Å². The minimum absolute atomic E-state index is 0.0697. The highest BCUT2D eigenvalue weighted by atomic mass is 19.4. The lowest BCUT2D eigenvalue weighted by atomic mass is 9.88. The Labute approximate surface area is 200 Å². The number of carbonyl (C=O) groups excluding carboxylic acids is 1. The van der Waals surface area contributed by atoms with Crippen LogP contribution in [0.2, 0.25) is 0 Å². The van der Waals surface area contributed by atoms with Crippen LogP contribution in [0, 0.1) is 5.41 Å². The van der Waals surface area contributed by atoms with Crippen LogP contribution in [0.25, 0.3) is 11.1 Å². The van der Waals surface area contributed by atoms with E-state index in [1.165, 1.54) is 6.07 Å². The van der Waals surface area contributed by atoms with Crippen molar-refractivity contribution < 1.29 is 37.3 Å². The van der Waals surface area contributed by atoms with Crippen molar-refractivity contribution in [2.75, 3.05) is 19.7 Å². The summed E-state index contributed by atoms with van der Waals surface area (Å²) in [6.07, 6.45) is -0.607. The highest BCUT2D eigenvalue weighted by Crippen LogP contribution is 2.65. The molecule has 186 valence electrons. The molecule has 0 aromatic heterocycles. The summed E-state index contributed by atoms with van der Waals surface area (Å²) in [6.45, 7) is 2.08. The second-order valence-electron chi connectivity index (χ2n) is 9.63. The lowest BCUT2D eigenvalue weighted by Gasteiger charge is -2.34. The van der Waals surface area contributed by atoms with Crippen LogP contribution in [-0.4, -0.2) is 54.0 Å². The molecule has 0 bridgehead atoms. The van der Waals surface area contributed by atoms with E-state index in [1.54, 1.807) is 12.1 Å². The molecule has 9 heteroatoms. The summed E-state index contributed by atoms with van der Waals surface area (Å²) in [5.74, 6) is -1.24. The van der Waals surface area contributed by atoms with Crippen molar-refractivity contribution in [2.45, 2.75) is 50.5 Å². The van der Waals surface area contributed by atoms with Crippen molar-refractivity contribution >= 4 is 11.9 Å². The number of alkyl halides is 3. The number of carboxylic acids is 1. The minimum atomic E-state index is -4.89. The van der Waals surface area contributed by atoms with E-state index in [-0.39, 0.29) is 28.6 Å². The quantitative estimate of drug-likeness (QED) is 0.623. The SMILES string of the molecule is O=C(O)c1ccc(OC(F)(F)F)c(-c2ccc([C@@H]3CC34CCN(C(=O)[C@H]3CCCO3)CC4)cc2)c1. The van der Waals surface area contributed by atoms with Crippen molar-refractivity contribution in [3.05, 3.63) is 53.6 Å². The van der Waals surface area contributed by atoms with Gasteiger partial charge in [-0.3, -0.25) is 4.79 Å². The summed E-state index contributed by atoms with van der Waals surface area (Å²) >= 11 is 0. The Hall–Kier alpha value is -3.07. The number of benzene rings is 2. The van der Waals surface area contributed by atoms with Crippen molar-refractivity contribution in [3.8, 4) is 16.9 Å². The third-order valence-electron chi connectivity index (χ3n) is 7.54. The monoisotopic (exact) mass is 489 g/mol. The molecule has 1 spiro atoms. The average molecular weight is 489 g/mol. The Bertz CT molecular complexity index is 1120. The van der Waals surface area contributed by atoms with Gasteiger partial charge in [0.05, 0.1) is 5.56 Å². The van der Waals surface area contributed by atoms with E-state index in [9.17, 15) is 27.9 Å². The molecule has 5 rings (SSSR count). The van der Waals surface area contributed by atoms with E-state index in [4.69, 9.17) is 4.74 Å². The van der Waals surface area contributed by atoms with Crippen LogP contribution >= 0.6 is 0 Å². The van der Waals surface area contributed by atoms with E-state index in [0.29, 0.717) is 31.2 Å². The Morgan fingerprint density at radius 3 is 2.40 bits per heavy atom. The van der Waals surface area contributed by atoms with Gasteiger partial charge in [-0.2, -0.15) is 0 Å². The largest absolute Gasteiger partial charge is 0.573 e. The predicted molar refractivity (Wildman–Crippen MR) is 120 cm³/mol. The molecule has 1 amide bonds. The van der Waals surface area contributed by atoms with Gasteiger partial charge < -0.3 is 19.5 Å². The number of carboxylic acid groups (broad SMARTS) is 1. The van der Waals surface area contributed by atoms with E-state index >= 15 is 0 Å². The highest BCUT2D eigenvalue weighted by molar-refractivity contribution is 5.90. The topological polar surface area (TPSA) is 76.1 Å². The summed E-state index contributed by atoms with van der Waals surface area (Å²) in [6, 6.07) is 10.5. The first-order chi connectivity index (χ1) is 16.7. The van der Waals surface area contributed by atoms with Crippen LogP contribution in [-0.2, 0) is 9.53 Å². The average Bonchev–Trinajstić information content (AvgIpc) is 3.24. The van der Waals surface area contributed by atoms with Gasteiger partial charge in [-0.1, -0.05) is 24.3 Å². The van der Waals surface area contributed by atoms with Crippen molar-refractivity contribution in [2.24, 2.45) is 5.41 Å². The van der Waals surface area contributed by atoms with Crippen LogP contribution in [0.15, 0.2) is 42.5 Å². The van der Waals surface area contributed by atoms with Crippen molar-refractivity contribution in [3.63, 3.8) is 0 Å². The molecule has 2 atom stereocenters. The van der Waals surface area contributed by atoms with E-state index in [0.717, 1.165) is 49.8 Å². The summed E-state index contributed by atoms with van der Waals surface area (Å²) in [5.41, 5.74) is 1.65. The van der Waals surface area contributed by atoms with Crippen LogP contribution in [0.1, 0.15) is 53.9 Å². The molecule has 3 aliphatic rings. The molecule has 0 unspecified atom stereocenters. The van der Waals surface area contributed by atoms with Gasteiger partial charge >= 0.3 is 12.3 Å². The maximum absolute atomic E-state index is 12.9. The van der Waals surface area contributed by atoms with Gasteiger partial charge in [0, 0.05) is 25.3 Å². The summed E-state index contributed by atoms with van der Waals surface area (Å²) in [4.78, 5) is 25.9. The van der Waals surface area contributed by atoms with Gasteiger partial charge in [0.2, 0.25) is 0 Å². The molecule has 3 fully saturated rings. The number of carbonyl (C=O) groups is 2. The molecule has 2 heterocycles. The van der Waals surface area contributed by atoms with Crippen molar-refractivity contribution in [1.82, 2.24) is 4.90 Å². The Balaban J connectivity index is 1.29. The molecule has 2 aliphatic heterocycles. The number of aromatic carboxylic acids is 1. The maximum atomic E-state index is 12.9. The molecule has 1 N–H and O–H groups in total. The van der Waals surface area contributed by atoms with Gasteiger partial charge in [0.25, 0.3) is 5.91 Å². The van der Waals surface area contributed by atoms with Crippen LogP contribution in [0.3, 0.4) is 0 Å². The summed E-state index contributed by atoms with van der Waals surface area (Å²) in [7, 11) is 0. The third-order valence-corrected chi connectivity index (χ3v) is 7.54. The lowest BCUT2D eigenvalue weighted by molar-refractivity contribution is -0.274. The Morgan fingerprint density at radius 1 is 1.09 bits per heavy atom. The molecule has 35 heavy (non-hydrogen) atoms. The molecule has 2 aromatic carbocycles. The first-order valence-corrected chi connectivity index (χ1v) is 11.8. The molecule has 6 nitrogen and oxygen atoms in total. The number of hydrogen-bond acceptors (Lipinski definition) is 4. The van der Waals surface area contributed by atoms with Crippen LogP contribution in [0.5, 0.6) is 5.75 Å². The number of nitrogens with zero attached hydrogens (tertiary/aromatic N) is 1. The smallest absolute Gasteiger partial charge is 0.478 e. The number of amides is 1. The number of rotatable bonds is 5. The standard InChI is InChI=1S/C26H26F3NO5/c27-26(28,29)35-21-8-7-18(24(32)33)14-19(21)16-3-5-17(6-4-16)20-15-25(20)9-11-30(12-10-25)23(31)22-2-1-13-34-22/h3-8,14,20,22H,1-2,9-13,15H2,(H,32,33)/t20-,22+/m0/s1. The number of likely N-dealkylation sites (tertiary alicyclic amines) is 1. The van der Waals surface area contributed by atoms with E-state index in [1.807, 2.05) is 17.0 Å². The predicted octanol–water partition coefficient (Wildman–Crippen LogP) is 5.23. The zero-order chi connectivity index (χ0) is 24.8. The number of halogens is 3.